The molecule has 0 saturated carbocycles. The van der Waals surface area contributed by atoms with Crippen LogP contribution < -0.4 is 14.8 Å². The maximum Gasteiger partial charge on any atom is 0.222 e. The lowest BCUT2D eigenvalue weighted by molar-refractivity contribution is -0.530. The van der Waals surface area contributed by atoms with Crippen LogP contribution in [0.3, 0.4) is 0 Å². The normalized spacial score (nSPS) is 17.9. The number of hydrogen-bond donors (Lipinski definition) is 1. The van der Waals surface area contributed by atoms with Crippen molar-refractivity contribution < 1.29 is 23.2 Å². The fourth-order valence-electron chi connectivity index (χ4n) is 4.59. The fourth-order valence-corrected chi connectivity index (χ4v) is 4.77. The van der Waals surface area contributed by atoms with Crippen LogP contribution in [0.25, 0.3) is 10.9 Å². The number of carbonyl (C=O) groups excluding carboxylic acids is 1. The highest BCUT2D eigenvalue weighted by Gasteiger charge is 2.25. The molecule has 1 unspecified atom stereocenters. The van der Waals surface area contributed by atoms with Gasteiger partial charge in [0.1, 0.15) is 36.8 Å². The van der Waals surface area contributed by atoms with Gasteiger partial charge in [0.05, 0.1) is 30.6 Å². The molecule has 3 aromatic rings. The maximum atomic E-state index is 13.6. The van der Waals surface area contributed by atoms with Crippen LogP contribution >= 0.6 is 11.6 Å². The van der Waals surface area contributed by atoms with Crippen LogP contribution in [0.15, 0.2) is 36.7 Å². The molecule has 1 saturated heterocycles. The van der Waals surface area contributed by atoms with Crippen LogP contribution in [-0.2, 0) is 4.79 Å². The Balaban J connectivity index is 1.31. The molecule has 10 heteroatoms. The molecule has 0 radical (unpaired) electrons. The summed E-state index contributed by atoms with van der Waals surface area (Å²) in [6.45, 7) is 3.35. The highest BCUT2D eigenvalue weighted by molar-refractivity contribution is 6.31. The van der Waals surface area contributed by atoms with E-state index in [2.05, 4.69) is 26.1 Å². The summed E-state index contributed by atoms with van der Waals surface area (Å²) in [7, 11) is 1.60. The van der Waals surface area contributed by atoms with Crippen LogP contribution in [0, 0.1) is 5.82 Å². The summed E-state index contributed by atoms with van der Waals surface area (Å²) >= 11 is 5.93. The number of halogens is 2. The first kappa shape index (κ1) is 24.2. The third-order valence-electron chi connectivity index (χ3n) is 6.59. The predicted molar refractivity (Wildman–Crippen MR) is 136 cm³/mol. The van der Waals surface area contributed by atoms with E-state index in [1.165, 1.54) is 18.5 Å². The SMILES string of the molecule is COc1cc2ncnc(Nc3ccc(F)c(Cl)c3)c2cc1OC1CC=[N+](CCN2CCCC2=O)CC1. The summed E-state index contributed by atoms with van der Waals surface area (Å²) in [6.07, 6.45) is 6.87. The van der Waals surface area contributed by atoms with Gasteiger partial charge >= 0.3 is 0 Å². The minimum absolute atomic E-state index is 0.00189. The molecule has 0 spiro atoms. The molecule has 1 N–H and O–H groups in total. The van der Waals surface area contributed by atoms with Crippen molar-refractivity contribution >= 4 is 46.1 Å². The van der Waals surface area contributed by atoms with E-state index >= 15 is 0 Å². The van der Waals surface area contributed by atoms with Gasteiger partial charge in [0.25, 0.3) is 0 Å². The first-order valence-corrected chi connectivity index (χ1v) is 12.4. The number of ether oxygens (including phenoxy) is 2. The van der Waals surface area contributed by atoms with E-state index in [0.29, 0.717) is 34.9 Å². The minimum Gasteiger partial charge on any atom is -0.493 e. The largest absolute Gasteiger partial charge is 0.493 e. The predicted octanol–water partition coefficient (Wildman–Crippen LogP) is 4.42. The number of carbonyl (C=O) groups is 1. The number of anilines is 2. The molecule has 2 aliphatic rings. The number of rotatable bonds is 8. The molecule has 3 heterocycles. The highest BCUT2D eigenvalue weighted by Crippen LogP contribution is 2.36. The number of benzene rings is 2. The van der Waals surface area contributed by atoms with Gasteiger partial charge in [0, 0.05) is 36.5 Å². The smallest absolute Gasteiger partial charge is 0.222 e. The number of nitrogens with zero attached hydrogens (tertiary/aromatic N) is 4. The minimum atomic E-state index is -0.484. The fraction of sp³-hybridized carbons (Fsp3) is 0.385. The summed E-state index contributed by atoms with van der Waals surface area (Å²) < 4.78 is 27.8. The summed E-state index contributed by atoms with van der Waals surface area (Å²) in [5.74, 6) is 1.52. The lowest BCUT2D eigenvalue weighted by Gasteiger charge is -2.22. The molecule has 5 rings (SSSR count). The Morgan fingerprint density at radius 2 is 2.14 bits per heavy atom. The van der Waals surface area contributed by atoms with Gasteiger partial charge in [-0.25, -0.2) is 18.9 Å². The lowest BCUT2D eigenvalue weighted by atomic mass is 10.1. The molecule has 2 aliphatic heterocycles. The van der Waals surface area contributed by atoms with Crippen molar-refractivity contribution in [2.45, 2.75) is 31.8 Å². The zero-order chi connectivity index (χ0) is 25.1. The van der Waals surface area contributed by atoms with E-state index in [1.54, 1.807) is 13.2 Å². The monoisotopic (exact) mass is 512 g/mol. The van der Waals surface area contributed by atoms with Crippen molar-refractivity contribution in [1.82, 2.24) is 14.9 Å². The number of fused-ring (bicyclic) bond motifs is 1. The van der Waals surface area contributed by atoms with E-state index in [0.717, 1.165) is 50.8 Å². The van der Waals surface area contributed by atoms with Crippen molar-refractivity contribution in [3.8, 4) is 11.5 Å². The zero-order valence-electron chi connectivity index (χ0n) is 20.0. The lowest BCUT2D eigenvalue weighted by Crippen LogP contribution is -2.36. The van der Waals surface area contributed by atoms with Crippen molar-refractivity contribution in [1.29, 1.82) is 0 Å². The number of likely N-dealkylation sites (tertiary alicyclic amines) is 1. The molecular formula is C26H28ClFN5O3+. The first-order valence-electron chi connectivity index (χ1n) is 12.1. The molecule has 36 heavy (non-hydrogen) atoms. The van der Waals surface area contributed by atoms with E-state index in [9.17, 15) is 9.18 Å². The maximum absolute atomic E-state index is 13.6. The number of methoxy groups -OCH3 is 1. The summed E-state index contributed by atoms with van der Waals surface area (Å²) in [4.78, 5) is 22.5. The van der Waals surface area contributed by atoms with Crippen molar-refractivity contribution in [2.75, 3.05) is 38.6 Å². The van der Waals surface area contributed by atoms with Crippen LogP contribution in [0.1, 0.15) is 25.7 Å². The Kier molecular flexibility index (Phi) is 7.18. The highest BCUT2D eigenvalue weighted by atomic mass is 35.5. The van der Waals surface area contributed by atoms with Gasteiger partial charge in [-0.15, -0.1) is 0 Å². The van der Waals surface area contributed by atoms with Crippen LogP contribution in [0.5, 0.6) is 11.5 Å². The van der Waals surface area contributed by atoms with Gasteiger partial charge < -0.3 is 19.7 Å². The summed E-state index contributed by atoms with van der Waals surface area (Å²) in [5.41, 5.74) is 1.29. The molecule has 1 atom stereocenters. The van der Waals surface area contributed by atoms with E-state index < -0.39 is 5.82 Å². The number of aromatic nitrogens is 2. The number of hydrogen-bond acceptors (Lipinski definition) is 6. The Bertz CT molecular complexity index is 1320. The van der Waals surface area contributed by atoms with Gasteiger partial charge in [0.15, 0.2) is 18.0 Å². The Morgan fingerprint density at radius 3 is 2.86 bits per heavy atom. The van der Waals surface area contributed by atoms with Gasteiger partial charge in [-0.2, -0.15) is 0 Å². The summed E-state index contributed by atoms with van der Waals surface area (Å²) in [5, 5.41) is 3.96. The third-order valence-corrected chi connectivity index (χ3v) is 6.88. The van der Waals surface area contributed by atoms with E-state index in [-0.39, 0.29) is 17.0 Å². The van der Waals surface area contributed by atoms with Crippen molar-refractivity contribution in [3.63, 3.8) is 0 Å². The molecule has 1 amide bonds. The average Bonchev–Trinajstić information content (AvgIpc) is 3.30. The van der Waals surface area contributed by atoms with Gasteiger partial charge in [-0.1, -0.05) is 11.6 Å². The first-order chi connectivity index (χ1) is 17.5. The van der Waals surface area contributed by atoms with Crippen LogP contribution in [0.4, 0.5) is 15.9 Å². The topological polar surface area (TPSA) is 79.6 Å². The molecule has 0 bridgehead atoms. The van der Waals surface area contributed by atoms with Crippen molar-refractivity contribution in [3.05, 3.63) is 47.5 Å². The molecule has 0 aliphatic carbocycles. The Hall–Kier alpha value is -3.46. The molecule has 1 fully saturated rings. The van der Waals surface area contributed by atoms with Gasteiger partial charge in [0.2, 0.25) is 5.91 Å². The Labute approximate surface area is 213 Å². The molecule has 2 aromatic carbocycles. The second-order valence-electron chi connectivity index (χ2n) is 8.96. The average molecular weight is 513 g/mol. The van der Waals surface area contributed by atoms with Gasteiger partial charge in [-0.05, 0) is 30.7 Å². The quantitative estimate of drug-likeness (QED) is 0.450. The molecular weight excluding hydrogens is 485 g/mol. The van der Waals surface area contributed by atoms with E-state index in [1.807, 2.05) is 17.0 Å². The van der Waals surface area contributed by atoms with Crippen LogP contribution in [0.2, 0.25) is 5.02 Å². The zero-order valence-corrected chi connectivity index (χ0v) is 20.8. The van der Waals surface area contributed by atoms with Crippen molar-refractivity contribution in [2.24, 2.45) is 0 Å². The number of nitrogens with one attached hydrogen (secondary N) is 1. The Morgan fingerprint density at radius 1 is 1.25 bits per heavy atom. The second-order valence-corrected chi connectivity index (χ2v) is 9.37. The third kappa shape index (κ3) is 5.36. The van der Waals surface area contributed by atoms with Gasteiger partial charge in [-0.3, -0.25) is 4.79 Å². The second kappa shape index (κ2) is 10.7. The van der Waals surface area contributed by atoms with E-state index in [4.69, 9.17) is 21.1 Å². The summed E-state index contributed by atoms with van der Waals surface area (Å²) in [6, 6.07) is 8.10. The molecule has 188 valence electrons. The van der Waals surface area contributed by atoms with Crippen LogP contribution in [-0.4, -0.2) is 71.0 Å². The molecule has 1 aromatic heterocycles. The standard InChI is InChI=1S/C26H28ClFN5O3/c1-35-23-15-22-19(26(30-16-29-22)31-17-4-5-21(28)20(27)13-17)14-24(23)36-18-6-9-32(10-7-18)11-12-33-8-2-3-25(33)34/h4-5,9,13-16,18H,2-3,6-8,10-12H2,1H3,(H,29,30,31)/q+1. The molecule has 8 nitrogen and oxygen atoms in total. The number of amides is 1.